The van der Waals surface area contributed by atoms with Gasteiger partial charge in [0.25, 0.3) is 11.8 Å². The van der Waals surface area contributed by atoms with Crippen molar-refractivity contribution in [1.82, 2.24) is 10.4 Å². The zero-order valence-corrected chi connectivity index (χ0v) is 15.6. The van der Waals surface area contributed by atoms with Crippen LogP contribution in [-0.4, -0.2) is 53.0 Å². The lowest BCUT2D eigenvalue weighted by Gasteiger charge is -2.12. The van der Waals surface area contributed by atoms with Crippen LogP contribution in [0.25, 0.3) is 0 Å². The molecule has 1 aliphatic heterocycles. The van der Waals surface area contributed by atoms with Gasteiger partial charge in [-0.25, -0.2) is 4.79 Å². The molecule has 1 rings (SSSR count). The SMILES string of the molecule is CCCCCNC(=O)CCC(=O)SCCOC(=O)ON1C(=O)CCC1=O. The monoisotopic (exact) mass is 388 g/mol. The Balaban J connectivity index is 2.05. The summed E-state index contributed by atoms with van der Waals surface area (Å²) in [4.78, 5) is 61.5. The predicted octanol–water partition coefficient (Wildman–Crippen LogP) is 1.55. The van der Waals surface area contributed by atoms with Crippen molar-refractivity contribution >= 4 is 40.8 Å². The first-order chi connectivity index (χ1) is 12.4. The van der Waals surface area contributed by atoms with Crippen LogP contribution in [0, 0.1) is 0 Å². The molecule has 0 atom stereocenters. The fourth-order valence-corrected chi connectivity index (χ4v) is 2.66. The molecule has 0 bridgehead atoms. The Morgan fingerprint density at radius 3 is 2.46 bits per heavy atom. The first-order valence-electron chi connectivity index (χ1n) is 8.57. The minimum Gasteiger partial charge on any atom is -0.432 e. The number of amides is 3. The minimum atomic E-state index is -1.17. The number of ether oxygens (including phenoxy) is 1. The number of carbonyl (C=O) groups excluding carboxylic acids is 5. The Morgan fingerprint density at radius 1 is 1.12 bits per heavy atom. The number of thioether (sulfide) groups is 1. The highest BCUT2D eigenvalue weighted by molar-refractivity contribution is 8.13. The lowest BCUT2D eigenvalue weighted by molar-refractivity contribution is -0.176. The molecule has 0 radical (unpaired) electrons. The maximum absolute atomic E-state index is 11.6. The van der Waals surface area contributed by atoms with Crippen LogP contribution < -0.4 is 5.32 Å². The molecule has 146 valence electrons. The van der Waals surface area contributed by atoms with E-state index >= 15 is 0 Å². The molecular weight excluding hydrogens is 364 g/mol. The highest BCUT2D eigenvalue weighted by Gasteiger charge is 2.33. The maximum Gasteiger partial charge on any atom is 0.533 e. The Kier molecular flexibility index (Phi) is 10.4. The summed E-state index contributed by atoms with van der Waals surface area (Å²) < 4.78 is 4.69. The van der Waals surface area contributed by atoms with Gasteiger partial charge < -0.3 is 10.1 Å². The standard InChI is InChI=1S/C16H24N2O7S/c1-2-3-4-9-17-12(19)5-8-15(22)26-11-10-24-16(23)25-18-13(20)6-7-14(18)21/h2-11H2,1H3,(H,17,19). The lowest BCUT2D eigenvalue weighted by atomic mass is 10.2. The van der Waals surface area contributed by atoms with Gasteiger partial charge in [-0.3, -0.25) is 24.0 Å². The lowest BCUT2D eigenvalue weighted by Crippen LogP contribution is -2.32. The smallest absolute Gasteiger partial charge is 0.432 e. The van der Waals surface area contributed by atoms with Crippen molar-refractivity contribution in [2.45, 2.75) is 51.9 Å². The van der Waals surface area contributed by atoms with E-state index in [-0.39, 0.29) is 49.1 Å². The summed E-state index contributed by atoms with van der Waals surface area (Å²) in [6.07, 6.45) is 2.11. The third-order valence-electron chi connectivity index (χ3n) is 3.40. The summed E-state index contributed by atoms with van der Waals surface area (Å²) in [5, 5.41) is 2.95. The molecule has 0 aliphatic carbocycles. The topological polar surface area (TPSA) is 119 Å². The van der Waals surface area contributed by atoms with Gasteiger partial charge in [0.15, 0.2) is 5.12 Å². The van der Waals surface area contributed by atoms with Crippen LogP contribution in [0.15, 0.2) is 0 Å². The molecule has 9 nitrogen and oxygen atoms in total. The molecular formula is C16H24N2O7S. The van der Waals surface area contributed by atoms with E-state index in [0.29, 0.717) is 11.6 Å². The molecule has 0 unspecified atom stereocenters. The van der Waals surface area contributed by atoms with Crippen LogP contribution in [0.5, 0.6) is 0 Å². The Morgan fingerprint density at radius 2 is 1.81 bits per heavy atom. The van der Waals surface area contributed by atoms with E-state index in [4.69, 9.17) is 4.74 Å². The first-order valence-corrected chi connectivity index (χ1v) is 9.55. The van der Waals surface area contributed by atoms with E-state index in [1.807, 2.05) is 0 Å². The first kappa shape index (κ1) is 21.9. The molecule has 3 amide bonds. The van der Waals surface area contributed by atoms with Gasteiger partial charge >= 0.3 is 6.16 Å². The van der Waals surface area contributed by atoms with Gasteiger partial charge in [-0.15, -0.1) is 0 Å². The highest BCUT2D eigenvalue weighted by atomic mass is 32.2. The van der Waals surface area contributed by atoms with Crippen LogP contribution in [0.4, 0.5) is 4.79 Å². The van der Waals surface area contributed by atoms with Crippen molar-refractivity contribution in [3.8, 4) is 0 Å². The van der Waals surface area contributed by atoms with E-state index in [2.05, 4.69) is 17.1 Å². The van der Waals surface area contributed by atoms with Crippen molar-refractivity contribution < 1.29 is 33.5 Å². The summed E-state index contributed by atoms with van der Waals surface area (Å²) in [5.74, 6) is -1.16. The highest BCUT2D eigenvalue weighted by Crippen LogP contribution is 2.13. The molecule has 1 fully saturated rings. The number of imide groups is 1. The molecule has 1 heterocycles. The summed E-state index contributed by atoms with van der Waals surface area (Å²) in [6.45, 7) is 2.58. The number of hydrogen-bond acceptors (Lipinski definition) is 8. The molecule has 0 saturated carbocycles. The number of nitrogens with zero attached hydrogens (tertiary/aromatic N) is 1. The van der Waals surface area contributed by atoms with Gasteiger partial charge in [0, 0.05) is 38.0 Å². The number of carbonyl (C=O) groups is 5. The van der Waals surface area contributed by atoms with Gasteiger partial charge in [-0.05, 0) is 6.42 Å². The second-order valence-electron chi connectivity index (χ2n) is 5.55. The third kappa shape index (κ3) is 8.84. The minimum absolute atomic E-state index is 0.00263. The normalized spacial score (nSPS) is 13.7. The second-order valence-corrected chi connectivity index (χ2v) is 6.70. The molecule has 26 heavy (non-hydrogen) atoms. The van der Waals surface area contributed by atoms with Crippen molar-refractivity contribution in [3.05, 3.63) is 0 Å². The molecule has 1 saturated heterocycles. The Labute approximate surface area is 156 Å². The maximum atomic E-state index is 11.6. The molecule has 1 N–H and O–H groups in total. The molecule has 0 spiro atoms. The summed E-state index contributed by atoms with van der Waals surface area (Å²) in [5.41, 5.74) is 0. The van der Waals surface area contributed by atoms with Crippen LogP contribution in [0.1, 0.15) is 51.9 Å². The second kappa shape index (κ2) is 12.3. The van der Waals surface area contributed by atoms with E-state index in [9.17, 15) is 24.0 Å². The number of nitrogens with one attached hydrogen (secondary N) is 1. The Hall–Kier alpha value is -2.10. The molecule has 10 heteroatoms. The summed E-state index contributed by atoms with van der Waals surface area (Å²) in [7, 11) is 0. The van der Waals surface area contributed by atoms with Crippen LogP contribution >= 0.6 is 11.8 Å². The van der Waals surface area contributed by atoms with Crippen LogP contribution in [0.2, 0.25) is 0 Å². The molecule has 0 aromatic heterocycles. The van der Waals surface area contributed by atoms with Gasteiger partial charge in [0.05, 0.1) is 0 Å². The summed E-state index contributed by atoms with van der Waals surface area (Å²) >= 11 is 0.937. The third-order valence-corrected chi connectivity index (χ3v) is 4.29. The van der Waals surface area contributed by atoms with Gasteiger partial charge in [-0.2, -0.15) is 0 Å². The number of hydroxylamine groups is 2. The quantitative estimate of drug-likeness (QED) is 0.322. The van der Waals surface area contributed by atoms with E-state index < -0.39 is 18.0 Å². The van der Waals surface area contributed by atoms with Gasteiger partial charge in [0.1, 0.15) is 6.61 Å². The van der Waals surface area contributed by atoms with Gasteiger partial charge in [0.2, 0.25) is 5.91 Å². The molecule has 0 aromatic rings. The van der Waals surface area contributed by atoms with Crippen LogP contribution in [0.3, 0.4) is 0 Å². The zero-order chi connectivity index (χ0) is 19.4. The number of rotatable bonds is 11. The predicted molar refractivity (Wildman–Crippen MR) is 92.8 cm³/mol. The zero-order valence-electron chi connectivity index (χ0n) is 14.8. The molecule has 0 aromatic carbocycles. The van der Waals surface area contributed by atoms with Crippen molar-refractivity contribution in [2.75, 3.05) is 18.9 Å². The van der Waals surface area contributed by atoms with Crippen molar-refractivity contribution in [2.24, 2.45) is 0 Å². The number of unbranched alkanes of at least 4 members (excludes halogenated alkanes) is 2. The van der Waals surface area contributed by atoms with Gasteiger partial charge in [-0.1, -0.05) is 36.6 Å². The van der Waals surface area contributed by atoms with E-state index in [1.165, 1.54) is 0 Å². The average Bonchev–Trinajstić information content (AvgIpc) is 2.92. The van der Waals surface area contributed by atoms with Crippen molar-refractivity contribution in [3.63, 3.8) is 0 Å². The number of hydrogen-bond donors (Lipinski definition) is 1. The summed E-state index contributed by atoms with van der Waals surface area (Å²) in [6, 6.07) is 0. The largest absolute Gasteiger partial charge is 0.533 e. The van der Waals surface area contributed by atoms with E-state index in [1.54, 1.807) is 0 Å². The van der Waals surface area contributed by atoms with Crippen molar-refractivity contribution in [1.29, 1.82) is 0 Å². The average molecular weight is 388 g/mol. The Bertz CT molecular complexity index is 523. The van der Waals surface area contributed by atoms with E-state index in [0.717, 1.165) is 31.0 Å². The van der Waals surface area contributed by atoms with Crippen LogP contribution in [-0.2, 0) is 28.8 Å². The fourth-order valence-electron chi connectivity index (χ4n) is 2.02. The molecule has 1 aliphatic rings. The fraction of sp³-hybridized carbons (Fsp3) is 0.688.